The Bertz CT molecular complexity index is 652. The van der Waals surface area contributed by atoms with Crippen molar-refractivity contribution >= 4 is 23.5 Å². The molecule has 1 N–H and O–H groups in total. The number of benzene rings is 1. The molecule has 1 saturated heterocycles. The van der Waals surface area contributed by atoms with E-state index >= 15 is 0 Å². The van der Waals surface area contributed by atoms with Crippen molar-refractivity contribution in [2.45, 2.75) is 51.7 Å². The summed E-state index contributed by atoms with van der Waals surface area (Å²) >= 11 is 0. The quantitative estimate of drug-likeness (QED) is 0.862. The van der Waals surface area contributed by atoms with E-state index in [4.69, 9.17) is 0 Å². The SMILES string of the molecule is Cc1ccc(N2C(=O)N([C@@H](C)C(=O)NC3CC3)C(=O)[C@@H]2C)cc1. The minimum Gasteiger partial charge on any atom is -0.352 e. The molecular weight excluding hydrogens is 294 g/mol. The molecule has 1 aromatic rings. The zero-order chi connectivity index (χ0) is 16.7. The highest BCUT2D eigenvalue weighted by atomic mass is 16.2. The van der Waals surface area contributed by atoms with Crippen LogP contribution in [0.2, 0.25) is 0 Å². The van der Waals surface area contributed by atoms with Crippen LogP contribution in [0.4, 0.5) is 10.5 Å². The topological polar surface area (TPSA) is 69.7 Å². The lowest BCUT2D eigenvalue weighted by Crippen LogP contribution is -2.49. The number of hydrogen-bond donors (Lipinski definition) is 1. The van der Waals surface area contributed by atoms with Crippen molar-refractivity contribution in [3.05, 3.63) is 29.8 Å². The molecule has 1 saturated carbocycles. The second kappa shape index (κ2) is 5.68. The van der Waals surface area contributed by atoms with Gasteiger partial charge in [0.05, 0.1) is 0 Å². The average Bonchev–Trinajstić information content (AvgIpc) is 3.29. The molecule has 122 valence electrons. The van der Waals surface area contributed by atoms with Crippen LogP contribution >= 0.6 is 0 Å². The number of hydrogen-bond acceptors (Lipinski definition) is 3. The smallest absolute Gasteiger partial charge is 0.332 e. The van der Waals surface area contributed by atoms with Gasteiger partial charge in [-0.1, -0.05) is 17.7 Å². The zero-order valence-electron chi connectivity index (χ0n) is 13.6. The van der Waals surface area contributed by atoms with Crippen molar-refractivity contribution in [3.63, 3.8) is 0 Å². The van der Waals surface area contributed by atoms with Crippen LogP contribution in [0.3, 0.4) is 0 Å². The van der Waals surface area contributed by atoms with E-state index in [-0.39, 0.29) is 17.9 Å². The third-order valence-electron chi connectivity index (χ3n) is 4.40. The number of nitrogens with zero attached hydrogens (tertiary/aromatic N) is 2. The Morgan fingerprint density at radius 3 is 2.39 bits per heavy atom. The van der Waals surface area contributed by atoms with Crippen molar-refractivity contribution in [2.24, 2.45) is 0 Å². The molecule has 0 bridgehead atoms. The molecule has 2 atom stereocenters. The van der Waals surface area contributed by atoms with E-state index in [1.165, 1.54) is 4.90 Å². The van der Waals surface area contributed by atoms with Crippen LogP contribution < -0.4 is 10.2 Å². The summed E-state index contributed by atoms with van der Waals surface area (Å²) in [4.78, 5) is 39.9. The first kappa shape index (κ1) is 15.5. The molecular formula is C17H21N3O3. The summed E-state index contributed by atoms with van der Waals surface area (Å²) in [6.45, 7) is 5.24. The van der Waals surface area contributed by atoms with Gasteiger partial charge in [-0.15, -0.1) is 0 Å². The molecule has 3 rings (SSSR count). The molecule has 6 nitrogen and oxygen atoms in total. The summed E-state index contributed by atoms with van der Waals surface area (Å²) < 4.78 is 0. The van der Waals surface area contributed by atoms with Crippen molar-refractivity contribution in [1.29, 1.82) is 0 Å². The Morgan fingerprint density at radius 2 is 1.83 bits per heavy atom. The molecule has 1 aliphatic carbocycles. The summed E-state index contributed by atoms with van der Waals surface area (Å²) in [5.41, 5.74) is 1.74. The van der Waals surface area contributed by atoms with E-state index in [0.717, 1.165) is 23.3 Å². The molecule has 1 aliphatic heterocycles. The first-order chi connectivity index (χ1) is 10.9. The third kappa shape index (κ3) is 2.81. The number of amides is 4. The van der Waals surface area contributed by atoms with Gasteiger partial charge in [0.15, 0.2) is 0 Å². The largest absolute Gasteiger partial charge is 0.352 e. The maximum absolute atomic E-state index is 12.7. The number of carbonyl (C=O) groups excluding carboxylic acids is 3. The number of nitrogens with one attached hydrogen (secondary N) is 1. The van der Waals surface area contributed by atoms with E-state index in [0.29, 0.717) is 5.69 Å². The Hall–Kier alpha value is -2.37. The Morgan fingerprint density at radius 1 is 1.22 bits per heavy atom. The van der Waals surface area contributed by atoms with Gasteiger partial charge in [0, 0.05) is 11.7 Å². The third-order valence-corrected chi connectivity index (χ3v) is 4.40. The van der Waals surface area contributed by atoms with Gasteiger partial charge >= 0.3 is 6.03 Å². The first-order valence-electron chi connectivity index (χ1n) is 7.93. The standard InChI is InChI=1S/C17H21N3O3/c1-10-4-8-14(9-5-10)19-12(3)16(22)20(17(19)23)11(2)15(21)18-13-6-7-13/h4-5,8-9,11-13H,6-7H2,1-3H3,(H,18,21)/t11-,12-/m0/s1. The number of rotatable bonds is 4. The molecule has 1 heterocycles. The molecule has 6 heteroatoms. The van der Waals surface area contributed by atoms with Crippen LogP contribution in [0.15, 0.2) is 24.3 Å². The number of carbonyl (C=O) groups is 3. The fourth-order valence-electron chi connectivity index (χ4n) is 2.75. The minimum atomic E-state index is -0.798. The highest BCUT2D eigenvalue weighted by Gasteiger charge is 2.47. The molecule has 4 amide bonds. The van der Waals surface area contributed by atoms with E-state index in [9.17, 15) is 14.4 Å². The molecule has 0 radical (unpaired) electrons. The lowest BCUT2D eigenvalue weighted by Gasteiger charge is -2.22. The van der Waals surface area contributed by atoms with Crippen LogP contribution in [-0.4, -0.2) is 40.9 Å². The van der Waals surface area contributed by atoms with Gasteiger partial charge in [-0.25, -0.2) is 9.69 Å². The Balaban J connectivity index is 1.82. The van der Waals surface area contributed by atoms with Gasteiger partial charge < -0.3 is 5.32 Å². The van der Waals surface area contributed by atoms with Gasteiger partial charge in [-0.2, -0.15) is 0 Å². The molecule has 0 unspecified atom stereocenters. The van der Waals surface area contributed by atoms with Crippen LogP contribution in [0, 0.1) is 6.92 Å². The van der Waals surface area contributed by atoms with Gasteiger partial charge in [-0.05, 0) is 45.7 Å². The molecule has 23 heavy (non-hydrogen) atoms. The number of imide groups is 1. The molecule has 0 spiro atoms. The van der Waals surface area contributed by atoms with E-state index in [1.54, 1.807) is 13.8 Å². The minimum absolute atomic E-state index is 0.198. The van der Waals surface area contributed by atoms with Crippen LogP contribution in [-0.2, 0) is 9.59 Å². The predicted octanol–water partition coefficient (Wildman–Crippen LogP) is 1.82. The van der Waals surface area contributed by atoms with E-state index in [1.807, 2.05) is 31.2 Å². The van der Waals surface area contributed by atoms with Crippen molar-refractivity contribution < 1.29 is 14.4 Å². The van der Waals surface area contributed by atoms with Crippen LogP contribution in [0.5, 0.6) is 0 Å². The van der Waals surface area contributed by atoms with Gasteiger partial charge in [0.2, 0.25) is 5.91 Å². The Kier molecular flexibility index (Phi) is 3.83. The monoisotopic (exact) mass is 315 g/mol. The van der Waals surface area contributed by atoms with E-state index < -0.39 is 18.1 Å². The second-order valence-electron chi connectivity index (χ2n) is 6.33. The normalized spacial score (nSPS) is 22.5. The molecule has 2 aliphatic rings. The maximum Gasteiger partial charge on any atom is 0.332 e. The van der Waals surface area contributed by atoms with Crippen molar-refractivity contribution in [1.82, 2.24) is 10.2 Å². The highest BCUT2D eigenvalue weighted by molar-refractivity contribution is 6.16. The fraction of sp³-hybridized carbons (Fsp3) is 0.471. The zero-order valence-corrected chi connectivity index (χ0v) is 13.6. The van der Waals surface area contributed by atoms with Gasteiger partial charge in [-0.3, -0.25) is 14.5 Å². The summed E-state index contributed by atoms with van der Waals surface area (Å²) in [5, 5.41) is 2.84. The number of aryl methyl sites for hydroxylation is 1. The van der Waals surface area contributed by atoms with Gasteiger partial charge in [0.1, 0.15) is 12.1 Å². The van der Waals surface area contributed by atoms with Crippen LogP contribution in [0.25, 0.3) is 0 Å². The fourth-order valence-corrected chi connectivity index (χ4v) is 2.75. The molecule has 2 fully saturated rings. The lowest BCUT2D eigenvalue weighted by molar-refractivity contribution is -0.135. The summed E-state index contributed by atoms with van der Waals surface area (Å²) in [6, 6.07) is 5.77. The number of anilines is 1. The summed E-state index contributed by atoms with van der Waals surface area (Å²) in [5.74, 6) is -0.610. The Labute approximate surface area is 135 Å². The predicted molar refractivity (Wildman–Crippen MR) is 86.0 cm³/mol. The van der Waals surface area contributed by atoms with E-state index in [2.05, 4.69) is 5.32 Å². The van der Waals surface area contributed by atoms with Crippen molar-refractivity contribution in [3.8, 4) is 0 Å². The second-order valence-corrected chi connectivity index (χ2v) is 6.33. The lowest BCUT2D eigenvalue weighted by atomic mass is 10.2. The molecule has 0 aromatic heterocycles. The summed E-state index contributed by atoms with van der Waals surface area (Å²) in [6.07, 6.45) is 1.93. The summed E-state index contributed by atoms with van der Waals surface area (Å²) in [7, 11) is 0. The number of urea groups is 1. The average molecular weight is 315 g/mol. The first-order valence-corrected chi connectivity index (χ1v) is 7.93. The van der Waals surface area contributed by atoms with Crippen LogP contribution in [0.1, 0.15) is 32.3 Å². The van der Waals surface area contributed by atoms with Gasteiger partial charge in [0.25, 0.3) is 5.91 Å². The van der Waals surface area contributed by atoms with Crippen molar-refractivity contribution in [2.75, 3.05) is 4.90 Å². The molecule has 1 aromatic carbocycles. The highest BCUT2D eigenvalue weighted by Crippen LogP contribution is 2.28. The maximum atomic E-state index is 12.7.